The second-order valence-corrected chi connectivity index (χ2v) is 1.87. The van der Waals surface area contributed by atoms with E-state index in [2.05, 4.69) is 19.6 Å². The van der Waals surface area contributed by atoms with E-state index in [1.54, 1.807) is 7.11 Å². The lowest BCUT2D eigenvalue weighted by molar-refractivity contribution is 0.309. The molecule has 0 aromatic rings. The van der Waals surface area contributed by atoms with E-state index in [-0.39, 0.29) is 0 Å². The van der Waals surface area contributed by atoms with Gasteiger partial charge in [0.2, 0.25) is 0 Å². The summed E-state index contributed by atoms with van der Waals surface area (Å²) < 4.78 is 4.82. The molecule has 0 rings (SSSR count). The van der Waals surface area contributed by atoms with E-state index in [0.29, 0.717) is 5.76 Å². The summed E-state index contributed by atoms with van der Waals surface area (Å²) in [5, 5.41) is 0. The van der Waals surface area contributed by atoms with E-state index < -0.39 is 0 Å². The number of methoxy groups -OCH3 is 1. The van der Waals surface area contributed by atoms with Crippen molar-refractivity contribution in [3.05, 3.63) is 36.6 Å². The summed E-state index contributed by atoms with van der Waals surface area (Å²) in [6, 6.07) is 0. The molecule has 0 spiro atoms. The fourth-order valence-electron chi connectivity index (χ4n) is 0.446. The molecular weight excluding hydrogens is 124 g/mol. The van der Waals surface area contributed by atoms with Crippen LogP contribution in [0.4, 0.5) is 0 Å². The van der Waals surface area contributed by atoms with E-state index in [9.17, 15) is 0 Å². The fourth-order valence-corrected chi connectivity index (χ4v) is 0.446. The topological polar surface area (TPSA) is 9.23 Å². The summed E-state index contributed by atoms with van der Waals surface area (Å²) in [6.07, 6.45) is 8.84. The van der Waals surface area contributed by atoms with Gasteiger partial charge in [-0.25, -0.2) is 0 Å². The third kappa shape index (κ3) is 5.16. The third-order valence-electron chi connectivity index (χ3n) is 1.03. The van der Waals surface area contributed by atoms with Gasteiger partial charge in [0.05, 0.1) is 7.11 Å². The van der Waals surface area contributed by atoms with Crippen LogP contribution in [0.15, 0.2) is 36.6 Å². The highest BCUT2D eigenvalue weighted by molar-refractivity contribution is 5.13. The maximum absolute atomic E-state index is 4.82. The van der Waals surface area contributed by atoms with Gasteiger partial charge in [0, 0.05) is 0 Å². The highest BCUT2D eigenvalue weighted by atomic mass is 16.5. The molecule has 0 aromatic heterocycles. The van der Waals surface area contributed by atoms with E-state index in [1.165, 1.54) is 0 Å². The minimum absolute atomic E-state index is 0.681. The van der Waals surface area contributed by atoms with Gasteiger partial charge in [-0.1, -0.05) is 31.7 Å². The molecule has 0 amide bonds. The fraction of sp³-hybridized carbons (Fsp3) is 0.333. The largest absolute Gasteiger partial charge is 0.497 e. The number of allylic oxidation sites excluding steroid dienone is 4. The molecule has 1 heteroatoms. The van der Waals surface area contributed by atoms with Gasteiger partial charge in [-0.3, -0.25) is 0 Å². The van der Waals surface area contributed by atoms with Crippen LogP contribution in [0.3, 0.4) is 0 Å². The molecule has 0 aromatic carbocycles. The van der Waals surface area contributed by atoms with Crippen molar-refractivity contribution in [3.63, 3.8) is 0 Å². The van der Waals surface area contributed by atoms with Gasteiger partial charge >= 0.3 is 0 Å². The van der Waals surface area contributed by atoms with Crippen LogP contribution in [0, 0.1) is 0 Å². The van der Waals surface area contributed by atoms with Gasteiger partial charge in [-0.05, 0) is 12.5 Å². The Balaban J connectivity index is 3.55. The van der Waals surface area contributed by atoms with Crippen molar-refractivity contribution in [2.45, 2.75) is 13.3 Å². The summed E-state index contributed by atoms with van der Waals surface area (Å²) >= 11 is 0. The summed E-state index contributed by atoms with van der Waals surface area (Å²) in [5.74, 6) is 0.681. The SMILES string of the molecule is C=C(/C=C/C=C/CC)OC. The Bertz CT molecular complexity index is 143. The summed E-state index contributed by atoms with van der Waals surface area (Å²) in [6.45, 7) is 5.72. The smallest absolute Gasteiger partial charge is 0.111 e. The molecular formula is C9H14O. The normalized spacial score (nSPS) is 11.0. The molecule has 0 N–H and O–H groups in total. The summed E-state index contributed by atoms with van der Waals surface area (Å²) in [5.41, 5.74) is 0. The van der Waals surface area contributed by atoms with E-state index >= 15 is 0 Å². The first-order valence-electron chi connectivity index (χ1n) is 3.37. The van der Waals surface area contributed by atoms with E-state index in [1.807, 2.05) is 18.2 Å². The predicted molar refractivity (Wildman–Crippen MR) is 44.7 cm³/mol. The maximum atomic E-state index is 4.82. The molecule has 0 aliphatic heterocycles. The van der Waals surface area contributed by atoms with Gasteiger partial charge in [0.25, 0.3) is 0 Å². The van der Waals surface area contributed by atoms with Crippen molar-refractivity contribution in [3.8, 4) is 0 Å². The Morgan fingerprint density at radius 1 is 1.50 bits per heavy atom. The summed E-state index contributed by atoms with van der Waals surface area (Å²) in [7, 11) is 1.61. The molecule has 0 heterocycles. The van der Waals surface area contributed by atoms with Gasteiger partial charge < -0.3 is 4.74 Å². The second-order valence-electron chi connectivity index (χ2n) is 1.87. The Kier molecular flexibility index (Phi) is 5.54. The van der Waals surface area contributed by atoms with Crippen LogP contribution in [-0.2, 0) is 4.74 Å². The number of rotatable bonds is 4. The maximum Gasteiger partial charge on any atom is 0.111 e. The predicted octanol–water partition coefficient (Wildman–Crippen LogP) is 2.67. The van der Waals surface area contributed by atoms with Gasteiger partial charge in [0.15, 0.2) is 0 Å². The van der Waals surface area contributed by atoms with Crippen LogP contribution in [0.2, 0.25) is 0 Å². The van der Waals surface area contributed by atoms with Crippen molar-refractivity contribution in [2.24, 2.45) is 0 Å². The minimum atomic E-state index is 0.681. The average molecular weight is 138 g/mol. The van der Waals surface area contributed by atoms with Gasteiger partial charge in [0.1, 0.15) is 5.76 Å². The average Bonchev–Trinajstić information content (AvgIpc) is 1.98. The lowest BCUT2D eigenvalue weighted by Gasteiger charge is -1.92. The molecule has 0 radical (unpaired) electrons. The molecule has 0 saturated carbocycles. The zero-order valence-electron chi connectivity index (χ0n) is 6.63. The van der Waals surface area contributed by atoms with Crippen molar-refractivity contribution >= 4 is 0 Å². The number of hydrogen-bond acceptors (Lipinski definition) is 1. The number of ether oxygens (including phenoxy) is 1. The first-order chi connectivity index (χ1) is 4.81. The molecule has 0 bridgehead atoms. The zero-order chi connectivity index (χ0) is 7.82. The van der Waals surface area contributed by atoms with E-state index in [0.717, 1.165) is 6.42 Å². The van der Waals surface area contributed by atoms with Crippen molar-refractivity contribution in [1.82, 2.24) is 0 Å². The number of hydrogen-bond donors (Lipinski definition) is 0. The van der Waals surface area contributed by atoms with Crippen LogP contribution in [0.25, 0.3) is 0 Å². The van der Waals surface area contributed by atoms with Crippen LogP contribution in [0.1, 0.15) is 13.3 Å². The molecule has 0 saturated heterocycles. The molecule has 0 aliphatic carbocycles. The van der Waals surface area contributed by atoms with Crippen molar-refractivity contribution < 1.29 is 4.74 Å². The van der Waals surface area contributed by atoms with Crippen LogP contribution in [-0.4, -0.2) is 7.11 Å². The second kappa shape index (κ2) is 6.14. The molecule has 0 atom stereocenters. The quantitative estimate of drug-likeness (QED) is 0.428. The highest BCUT2D eigenvalue weighted by Gasteiger charge is 1.76. The lowest BCUT2D eigenvalue weighted by atomic mass is 10.4. The van der Waals surface area contributed by atoms with Gasteiger partial charge in [-0.15, -0.1) is 0 Å². The van der Waals surface area contributed by atoms with Crippen molar-refractivity contribution in [2.75, 3.05) is 7.11 Å². The monoisotopic (exact) mass is 138 g/mol. The Morgan fingerprint density at radius 3 is 2.70 bits per heavy atom. The summed E-state index contributed by atoms with van der Waals surface area (Å²) in [4.78, 5) is 0. The van der Waals surface area contributed by atoms with Gasteiger partial charge in [-0.2, -0.15) is 0 Å². The van der Waals surface area contributed by atoms with E-state index in [4.69, 9.17) is 4.74 Å². The first-order valence-corrected chi connectivity index (χ1v) is 3.37. The van der Waals surface area contributed by atoms with Crippen LogP contribution < -0.4 is 0 Å². The highest BCUT2D eigenvalue weighted by Crippen LogP contribution is 1.92. The Hall–Kier alpha value is -0.980. The molecule has 56 valence electrons. The lowest BCUT2D eigenvalue weighted by Crippen LogP contribution is -1.75. The molecule has 10 heavy (non-hydrogen) atoms. The van der Waals surface area contributed by atoms with Crippen LogP contribution >= 0.6 is 0 Å². The van der Waals surface area contributed by atoms with Crippen molar-refractivity contribution in [1.29, 1.82) is 0 Å². The van der Waals surface area contributed by atoms with Crippen LogP contribution in [0.5, 0.6) is 0 Å². The molecule has 1 nitrogen and oxygen atoms in total. The molecule has 0 unspecified atom stereocenters. The zero-order valence-corrected chi connectivity index (χ0v) is 6.63. The first kappa shape index (κ1) is 9.02. The molecule has 0 fully saturated rings. The minimum Gasteiger partial charge on any atom is -0.497 e. The standard InChI is InChI=1S/C9H14O/c1-4-5-6-7-8-9(2)10-3/h5-8H,2,4H2,1,3H3/b6-5+,8-7+. The Morgan fingerprint density at radius 2 is 2.20 bits per heavy atom. The molecule has 0 aliphatic rings. The third-order valence-corrected chi connectivity index (χ3v) is 1.03. The Labute approximate surface area is 62.7 Å².